The zero-order valence-corrected chi connectivity index (χ0v) is 46.1. The van der Waals surface area contributed by atoms with E-state index in [-0.39, 0.29) is 68.5 Å². The van der Waals surface area contributed by atoms with Gasteiger partial charge >= 0.3 is 5.97 Å². The second-order valence-corrected chi connectivity index (χ2v) is 17.9. The van der Waals surface area contributed by atoms with E-state index in [1.54, 1.807) is 46.1 Å². The molecule has 0 radical (unpaired) electrons. The van der Waals surface area contributed by atoms with Crippen molar-refractivity contribution in [3.8, 4) is 11.5 Å². The topological polar surface area (TPSA) is 347 Å². The molecule has 2 aromatic carbocycles. The number of esters is 1. The number of amides is 6. The number of imidazole rings is 2. The van der Waals surface area contributed by atoms with Gasteiger partial charge in [-0.05, 0) is 76.6 Å². The zero-order chi connectivity index (χ0) is 58.8. The molecule has 6 amide bonds. The number of aldehydes is 2. The second-order valence-electron chi connectivity index (χ2n) is 17.9. The molecule has 0 saturated carbocycles. The number of hydrogen-bond acceptors (Lipinski definition) is 17. The summed E-state index contributed by atoms with van der Waals surface area (Å²) in [4.78, 5) is 122. The minimum absolute atomic E-state index is 0.0229. The Labute approximate surface area is 460 Å². The zero-order valence-electron chi connectivity index (χ0n) is 46.1. The maximum atomic E-state index is 13.6. The highest BCUT2D eigenvalue weighted by atomic mass is 16.5. The summed E-state index contributed by atoms with van der Waals surface area (Å²) in [6, 6.07) is 8.22. The van der Waals surface area contributed by atoms with Crippen molar-refractivity contribution in [3.63, 3.8) is 0 Å². The van der Waals surface area contributed by atoms with Gasteiger partial charge in [0.2, 0.25) is 41.4 Å². The molecular formula is C53H67N15O12. The quantitative estimate of drug-likeness (QED) is 0.0163. The lowest BCUT2D eigenvalue weighted by Crippen LogP contribution is -2.49. The smallest absolute Gasteiger partial charge is 0.308 e. The van der Waals surface area contributed by atoms with Crippen LogP contribution in [-0.4, -0.2) is 164 Å². The van der Waals surface area contributed by atoms with Crippen LogP contribution in [0.3, 0.4) is 0 Å². The van der Waals surface area contributed by atoms with E-state index in [9.17, 15) is 43.2 Å². The number of nitrogens with zero attached hydrogens (tertiary/aromatic N) is 10. The highest BCUT2D eigenvalue weighted by Gasteiger charge is 2.28. The summed E-state index contributed by atoms with van der Waals surface area (Å²) in [5.74, 6) is -3.10. The molecule has 1 atom stereocenters. The monoisotopic (exact) mass is 1110 g/mol. The predicted molar refractivity (Wildman–Crippen MR) is 294 cm³/mol. The maximum absolute atomic E-state index is 13.6. The third kappa shape index (κ3) is 15.5. The van der Waals surface area contributed by atoms with E-state index >= 15 is 0 Å². The van der Waals surface area contributed by atoms with Gasteiger partial charge < -0.3 is 55.2 Å². The molecule has 0 saturated heterocycles. The first-order chi connectivity index (χ1) is 38.2. The Morgan fingerprint density at radius 1 is 0.762 bits per heavy atom. The average Bonchev–Trinajstić information content (AvgIpc) is 4.37. The van der Waals surface area contributed by atoms with Crippen LogP contribution >= 0.6 is 0 Å². The van der Waals surface area contributed by atoms with Gasteiger partial charge in [0.1, 0.15) is 46.2 Å². The number of carbonyl (C=O) groups excluding carboxylic acids is 9. The van der Waals surface area contributed by atoms with E-state index in [0.29, 0.717) is 63.7 Å². The normalized spacial score (nSPS) is 11.5. The van der Waals surface area contributed by atoms with Gasteiger partial charge in [0.25, 0.3) is 5.91 Å². The third-order valence-electron chi connectivity index (χ3n) is 12.3. The van der Waals surface area contributed by atoms with Crippen molar-refractivity contribution in [1.29, 1.82) is 0 Å². The molecule has 4 heterocycles. The summed E-state index contributed by atoms with van der Waals surface area (Å²) in [6.45, 7) is 9.22. The van der Waals surface area contributed by atoms with Gasteiger partial charge in [-0.3, -0.25) is 57.8 Å². The van der Waals surface area contributed by atoms with Crippen LogP contribution in [-0.2, 0) is 54.9 Å². The number of methoxy groups -OCH3 is 2. The molecule has 27 heteroatoms. The lowest BCUT2D eigenvalue weighted by Gasteiger charge is -2.24. The van der Waals surface area contributed by atoms with E-state index in [1.807, 2.05) is 37.5 Å². The van der Waals surface area contributed by atoms with Crippen molar-refractivity contribution in [3.05, 3.63) is 94.6 Å². The fraction of sp³-hybridized carbons (Fsp3) is 0.377. The lowest BCUT2D eigenvalue weighted by molar-refractivity contribution is -0.145. The summed E-state index contributed by atoms with van der Waals surface area (Å²) in [6.07, 6.45) is 6.67. The summed E-state index contributed by atoms with van der Waals surface area (Å²) in [5.41, 5.74) is 15.9. The van der Waals surface area contributed by atoms with Crippen molar-refractivity contribution < 1.29 is 57.4 Å². The molecule has 0 bridgehead atoms. The molecular weight excluding hydrogens is 1040 g/mol. The first-order valence-corrected chi connectivity index (χ1v) is 25.2. The van der Waals surface area contributed by atoms with Gasteiger partial charge in [0, 0.05) is 84.0 Å². The number of hydrogen-bond donors (Lipinski definition) is 5. The molecule has 426 valence electrons. The fourth-order valence-electron chi connectivity index (χ4n) is 8.27. The Morgan fingerprint density at radius 3 is 1.91 bits per heavy atom. The van der Waals surface area contributed by atoms with Crippen LogP contribution in [0.1, 0.15) is 86.2 Å². The van der Waals surface area contributed by atoms with Crippen LogP contribution < -0.4 is 36.9 Å². The first kappa shape index (κ1) is 61.2. The number of fused-ring (bicyclic) bond motifs is 2. The Kier molecular flexibility index (Phi) is 21.9. The van der Waals surface area contributed by atoms with Gasteiger partial charge in [0.05, 0.1) is 49.7 Å². The van der Waals surface area contributed by atoms with Crippen molar-refractivity contribution in [1.82, 2.24) is 53.8 Å². The Morgan fingerprint density at radius 2 is 1.35 bits per heavy atom. The van der Waals surface area contributed by atoms with Crippen LogP contribution in [0.15, 0.2) is 60.7 Å². The number of benzene rings is 2. The van der Waals surface area contributed by atoms with Crippen LogP contribution in [0.2, 0.25) is 0 Å². The molecule has 4 aromatic heterocycles. The Balaban J connectivity index is 0.00000106. The number of anilines is 2. The SMILES string of the molecule is CCn1nc(C)cc1C(=O)Nc1nc2cc(C(N)=O)cc(OC)c2n1C/C=C/Cn1c(NC)nc2cc(C(N)=O)cc(OCCCN(C)C(=O)C(CC(=O)OC)NC(=O)CCN(C)C(=O)/C=C\C=O)c21.CCn1nc(C)cc1C=O. The molecule has 0 aliphatic carbocycles. The van der Waals surface area contributed by atoms with Crippen LogP contribution in [0.25, 0.3) is 22.1 Å². The number of likely N-dealkylation sites (N-methyl/N-ethyl adjacent to an activating group) is 2. The van der Waals surface area contributed by atoms with Gasteiger partial charge in [0.15, 0.2) is 6.29 Å². The maximum Gasteiger partial charge on any atom is 0.308 e. The number of aryl methyl sites for hydroxylation is 4. The minimum atomic E-state index is -1.27. The van der Waals surface area contributed by atoms with Gasteiger partial charge in [-0.25, -0.2) is 9.97 Å². The molecule has 0 fully saturated rings. The highest BCUT2D eigenvalue weighted by molar-refractivity contribution is 6.04. The van der Waals surface area contributed by atoms with E-state index in [0.717, 1.165) is 37.8 Å². The van der Waals surface area contributed by atoms with Gasteiger partial charge in [-0.2, -0.15) is 10.2 Å². The number of aromatic nitrogens is 8. The lowest BCUT2D eigenvalue weighted by atomic mass is 10.1. The Hall–Kier alpha value is -9.69. The summed E-state index contributed by atoms with van der Waals surface area (Å²) in [7, 11) is 7.22. The van der Waals surface area contributed by atoms with Crippen molar-refractivity contribution >= 4 is 87.9 Å². The Bertz CT molecular complexity index is 3330. The molecule has 0 aliphatic rings. The minimum Gasteiger partial charge on any atom is -0.494 e. The summed E-state index contributed by atoms with van der Waals surface area (Å²) < 4.78 is 23.5. The van der Waals surface area contributed by atoms with Crippen LogP contribution in [0, 0.1) is 13.8 Å². The highest BCUT2D eigenvalue weighted by Crippen LogP contribution is 2.33. The van der Waals surface area contributed by atoms with Crippen LogP contribution in [0.4, 0.5) is 11.9 Å². The van der Waals surface area contributed by atoms with Crippen LogP contribution in [0.5, 0.6) is 11.5 Å². The number of nitrogens with two attached hydrogens (primary N) is 2. The molecule has 6 aromatic rings. The number of nitrogens with one attached hydrogen (secondary N) is 3. The van der Waals surface area contributed by atoms with E-state index in [2.05, 4.69) is 36.1 Å². The van der Waals surface area contributed by atoms with Crippen molar-refractivity contribution in [2.24, 2.45) is 11.5 Å². The number of primary amides is 2. The van der Waals surface area contributed by atoms with Crippen molar-refractivity contribution in [2.45, 2.75) is 79.2 Å². The molecule has 1 unspecified atom stereocenters. The fourth-order valence-corrected chi connectivity index (χ4v) is 8.27. The first-order valence-electron chi connectivity index (χ1n) is 25.2. The van der Waals surface area contributed by atoms with Gasteiger partial charge in [-0.15, -0.1) is 0 Å². The molecule has 27 nitrogen and oxygen atoms in total. The molecule has 0 aliphatic heterocycles. The molecule has 0 spiro atoms. The van der Waals surface area contributed by atoms with E-state index in [1.165, 1.54) is 49.2 Å². The standard InChI is InChI=1S/C46H57N13O11.C7H10N2O/c1-8-59-33(21-27(2)54-59)43(66)53-46-52-30-22-28(41(47)64)24-34(68-6)39(30)58(46)17-10-9-16-57-40-31(51-45(57)49-3)23-29(42(48)65)25-35(40)70-20-12-15-56(5)44(67)32(26-38(63)69-7)50-36(61)14-18-55(4)37(62)13-11-19-60;1-3-9-7(5-10)4-6(2)8-9/h9-11,13,19,21-25,32H,8,12,14-18,20,26H2,1-7H3,(H2,47,64)(H2,48,65)(H,49,51)(H,50,61)(H,52,53,66);4-5H,3H2,1-2H3/b10-9+,13-11-;. The predicted octanol–water partition coefficient (Wildman–Crippen LogP) is 2.57. The number of ether oxygens (including phenoxy) is 3. The third-order valence-corrected chi connectivity index (χ3v) is 12.3. The molecule has 80 heavy (non-hydrogen) atoms. The number of allylic oxidation sites excluding steroid dienone is 3. The summed E-state index contributed by atoms with van der Waals surface area (Å²) in [5, 5.41) is 17.0. The van der Waals surface area contributed by atoms with E-state index < -0.39 is 53.9 Å². The largest absolute Gasteiger partial charge is 0.494 e. The summed E-state index contributed by atoms with van der Waals surface area (Å²) >= 11 is 0. The number of carbonyl (C=O) groups is 9. The van der Waals surface area contributed by atoms with Gasteiger partial charge in [-0.1, -0.05) is 12.2 Å². The molecule has 6 rings (SSSR count). The average molecular weight is 1110 g/mol. The molecule has 7 N–H and O–H groups in total. The number of rotatable bonds is 27. The van der Waals surface area contributed by atoms with Crippen molar-refractivity contribution in [2.75, 3.05) is 65.7 Å². The second kappa shape index (κ2) is 28.6. The van der Waals surface area contributed by atoms with E-state index in [4.69, 9.17) is 25.7 Å².